The Balaban J connectivity index is 2.04. The number of allylic oxidation sites excluding steroid dienone is 2. The molecule has 0 N–H and O–H groups in total. The lowest BCUT2D eigenvalue weighted by Crippen LogP contribution is -2.47. The first-order chi connectivity index (χ1) is 6.31. The minimum Gasteiger partial charge on any atom is -0.381 e. The van der Waals surface area contributed by atoms with Crippen molar-refractivity contribution < 1.29 is 4.74 Å². The summed E-state index contributed by atoms with van der Waals surface area (Å²) in [7, 11) is 0. The smallest absolute Gasteiger partial charge is 0.0488 e. The summed E-state index contributed by atoms with van der Waals surface area (Å²) in [6.45, 7) is 5.20. The summed E-state index contributed by atoms with van der Waals surface area (Å²) in [4.78, 5) is 2.43. The summed E-state index contributed by atoms with van der Waals surface area (Å²) < 4.78 is 5.39. The Morgan fingerprint density at radius 1 is 1.23 bits per heavy atom. The molecule has 0 atom stereocenters. The quantitative estimate of drug-likeness (QED) is 0.610. The van der Waals surface area contributed by atoms with Crippen molar-refractivity contribution in [1.29, 1.82) is 0 Å². The molecule has 2 rings (SSSR count). The molecule has 2 heterocycles. The molecule has 0 aromatic heterocycles. The van der Waals surface area contributed by atoms with Crippen LogP contribution in [0.25, 0.3) is 0 Å². The van der Waals surface area contributed by atoms with Crippen LogP contribution in [0, 0.1) is 0 Å². The van der Waals surface area contributed by atoms with E-state index >= 15 is 0 Å². The first-order valence-corrected chi connectivity index (χ1v) is 4.99. The van der Waals surface area contributed by atoms with Gasteiger partial charge in [-0.3, -0.25) is 0 Å². The Hall–Kier alpha value is -0.760. The fourth-order valence-corrected chi connectivity index (χ4v) is 1.97. The maximum Gasteiger partial charge on any atom is 0.0488 e. The zero-order chi connectivity index (χ0) is 9.15. The van der Waals surface area contributed by atoms with Gasteiger partial charge in [0.15, 0.2) is 0 Å². The van der Waals surface area contributed by atoms with Crippen LogP contribution < -0.4 is 0 Å². The van der Waals surface area contributed by atoms with Crippen LogP contribution in [0.4, 0.5) is 0 Å². The van der Waals surface area contributed by atoms with Crippen LogP contribution in [-0.2, 0) is 4.74 Å². The average Bonchev–Trinajstić information content (AvgIpc) is 2.20. The third-order valence-electron chi connectivity index (χ3n) is 3.08. The largest absolute Gasteiger partial charge is 0.381 e. The number of rotatable bonds is 1. The molecule has 0 spiro atoms. The second kappa shape index (κ2) is 3.54. The molecule has 1 saturated heterocycles. The van der Waals surface area contributed by atoms with E-state index in [-0.39, 0.29) is 0 Å². The van der Waals surface area contributed by atoms with Gasteiger partial charge in [-0.1, -0.05) is 12.2 Å². The van der Waals surface area contributed by atoms with Crippen molar-refractivity contribution in [2.45, 2.75) is 25.3 Å². The van der Waals surface area contributed by atoms with Gasteiger partial charge in [-0.05, 0) is 32.0 Å². The predicted octanol–water partition coefficient (Wildman–Crippen LogP) is 1.94. The second-order valence-electron chi connectivity index (χ2n) is 4.03. The lowest BCUT2D eigenvalue weighted by atomic mass is 9.90. The van der Waals surface area contributed by atoms with Crippen LogP contribution in [0.3, 0.4) is 0 Å². The van der Waals surface area contributed by atoms with Crippen LogP contribution in [0.2, 0.25) is 0 Å². The summed E-state index contributed by atoms with van der Waals surface area (Å²) in [5.74, 6) is 0. The number of nitrogens with zero attached hydrogens (tertiary/aromatic N) is 1. The first kappa shape index (κ1) is 8.82. The monoisotopic (exact) mass is 179 g/mol. The standard InChI is InChI=1S/C11H17NO/c1-11(5-9-13-10-6-11)12-7-3-2-4-8-12/h2-4,7H,5-6,8-10H2,1H3. The number of hydrogen-bond donors (Lipinski definition) is 0. The molecular weight excluding hydrogens is 162 g/mol. The molecule has 2 aliphatic heterocycles. The number of hydrogen-bond acceptors (Lipinski definition) is 2. The molecule has 72 valence electrons. The van der Waals surface area contributed by atoms with Gasteiger partial charge in [0.05, 0.1) is 0 Å². The fraction of sp³-hybridized carbons (Fsp3) is 0.636. The molecule has 2 nitrogen and oxygen atoms in total. The van der Waals surface area contributed by atoms with Crippen molar-refractivity contribution in [2.24, 2.45) is 0 Å². The Morgan fingerprint density at radius 2 is 2.00 bits per heavy atom. The van der Waals surface area contributed by atoms with Crippen LogP contribution in [0.15, 0.2) is 24.4 Å². The van der Waals surface area contributed by atoms with Crippen molar-refractivity contribution >= 4 is 0 Å². The van der Waals surface area contributed by atoms with E-state index < -0.39 is 0 Å². The third-order valence-corrected chi connectivity index (χ3v) is 3.08. The average molecular weight is 179 g/mol. The molecule has 0 bridgehead atoms. The maximum atomic E-state index is 5.39. The number of ether oxygens (including phenoxy) is 1. The first-order valence-electron chi connectivity index (χ1n) is 4.99. The SMILES string of the molecule is CC1(N2C=CC=CC2)CCOCC1. The van der Waals surface area contributed by atoms with Crippen molar-refractivity contribution in [3.05, 3.63) is 24.4 Å². The molecule has 1 fully saturated rings. The second-order valence-corrected chi connectivity index (χ2v) is 4.03. The third kappa shape index (κ3) is 1.78. The highest BCUT2D eigenvalue weighted by Gasteiger charge is 2.31. The normalized spacial score (nSPS) is 26.4. The van der Waals surface area contributed by atoms with Gasteiger partial charge in [0.25, 0.3) is 0 Å². The molecule has 0 radical (unpaired) electrons. The molecule has 0 aliphatic carbocycles. The van der Waals surface area contributed by atoms with E-state index in [1.54, 1.807) is 0 Å². The summed E-state index contributed by atoms with van der Waals surface area (Å²) in [5.41, 5.74) is 0.319. The van der Waals surface area contributed by atoms with E-state index in [4.69, 9.17) is 4.74 Å². The van der Waals surface area contributed by atoms with Crippen LogP contribution >= 0.6 is 0 Å². The van der Waals surface area contributed by atoms with Crippen LogP contribution in [0.5, 0.6) is 0 Å². The van der Waals surface area contributed by atoms with Crippen LogP contribution in [-0.4, -0.2) is 30.2 Å². The molecule has 13 heavy (non-hydrogen) atoms. The van der Waals surface area contributed by atoms with Gasteiger partial charge in [-0.15, -0.1) is 0 Å². The highest BCUT2D eigenvalue weighted by molar-refractivity contribution is 5.11. The van der Waals surface area contributed by atoms with Crippen LogP contribution in [0.1, 0.15) is 19.8 Å². The van der Waals surface area contributed by atoms with Gasteiger partial charge in [0, 0.05) is 25.3 Å². The summed E-state index contributed by atoms with van der Waals surface area (Å²) in [6.07, 6.45) is 10.9. The molecule has 0 aromatic carbocycles. The molecule has 2 aliphatic rings. The summed E-state index contributed by atoms with van der Waals surface area (Å²) >= 11 is 0. The van der Waals surface area contributed by atoms with Gasteiger partial charge < -0.3 is 9.64 Å². The maximum absolute atomic E-state index is 5.39. The molecule has 0 aromatic rings. The predicted molar refractivity (Wildman–Crippen MR) is 53.4 cm³/mol. The van der Waals surface area contributed by atoms with Crippen molar-refractivity contribution in [1.82, 2.24) is 4.90 Å². The van der Waals surface area contributed by atoms with Gasteiger partial charge in [0.1, 0.15) is 0 Å². The minimum absolute atomic E-state index is 0.319. The van der Waals surface area contributed by atoms with E-state index in [2.05, 4.69) is 36.3 Å². The Morgan fingerprint density at radius 3 is 2.62 bits per heavy atom. The van der Waals surface area contributed by atoms with E-state index in [0.29, 0.717) is 5.54 Å². The zero-order valence-electron chi connectivity index (χ0n) is 8.20. The van der Waals surface area contributed by atoms with E-state index in [9.17, 15) is 0 Å². The van der Waals surface area contributed by atoms with Gasteiger partial charge >= 0.3 is 0 Å². The lowest BCUT2D eigenvalue weighted by Gasteiger charge is -2.43. The van der Waals surface area contributed by atoms with Gasteiger partial charge in [-0.2, -0.15) is 0 Å². The van der Waals surface area contributed by atoms with Crippen molar-refractivity contribution in [2.75, 3.05) is 19.8 Å². The highest BCUT2D eigenvalue weighted by atomic mass is 16.5. The lowest BCUT2D eigenvalue weighted by molar-refractivity contribution is 0.00463. The topological polar surface area (TPSA) is 12.5 Å². The molecule has 2 heteroatoms. The minimum atomic E-state index is 0.319. The van der Waals surface area contributed by atoms with E-state index in [1.807, 2.05) is 0 Å². The molecule has 0 unspecified atom stereocenters. The molecule has 0 amide bonds. The van der Waals surface area contributed by atoms with Crippen molar-refractivity contribution in [3.63, 3.8) is 0 Å². The van der Waals surface area contributed by atoms with Gasteiger partial charge in [-0.25, -0.2) is 0 Å². The Labute approximate surface area is 79.9 Å². The summed E-state index contributed by atoms with van der Waals surface area (Å²) in [6, 6.07) is 0. The molecule has 0 saturated carbocycles. The highest BCUT2D eigenvalue weighted by Crippen LogP contribution is 2.28. The van der Waals surface area contributed by atoms with E-state index in [0.717, 1.165) is 32.6 Å². The Kier molecular flexibility index (Phi) is 2.40. The fourth-order valence-electron chi connectivity index (χ4n) is 1.97. The van der Waals surface area contributed by atoms with Crippen molar-refractivity contribution in [3.8, 4) is 0 Å². The van der Waals surface area contributed by atoms with Gasteiger partial charge in [0.2, 0.25) is 0 Å². The Bertz CT molecular complexity index is 226. The van der Waals surface area contributed by atoms with E-state index in [1.165, 1.54) is 0 Å². The summed E-state index contributed by atoms with van der Waals surface area (Å²) in [5, 5.41) is 0. The molecular formula is C11H17NO. The zero-order valence-corrected chi connectivity index (χ0v) is 8.20.